The van der Waals surface area contributed by atoms with Crippen molar-refractivity contribution in [3.05, 3.63) is 83.2 Å². The molecule has 0 spiro atoms. The minimum Gasteiger partial charge on any atom is -0.493 e. The van der Waals surface area contributed by atoms with Crippen LogP contribution in [0.25, 0.3) is 0 Å². The molecule has 33 heavy (non-hydrogen) atoms. The van der Waals surface area contributed by atoms with Gasteiger partial charge in [-0.2, -0.15) is 5.10 Å². The molecule has 0 aliphatic rings. The van der Waals surface area contributed by atoms with Gasteiger partial charge in [0.25, 0.3) is 5.91 Å². The Labute approximate surface area is 189 Å². The van der Waals surface area contributed by atoms with Crippen LogP contribution in [0.1, 0.15) is 26.3 Å². The molecule has 8 nitrogen and oxygen atoms in total. The SMILES string of the molecule is COc1cc(C(=O)Oc2ccc(/C=N\NC(=O)c3ccc(F)cc3)cc2)cc(OC)c1OC. The zero-order valence-corrected chi connectivity index (χ0v) is 18.1. The van der Waals surface area contributed by atoms with Crippen molar-refractivity contribution in [2.75, 3.05) is 21.3 Å². The summed E-state index contributed by atoms with van der Waals surface area (Å²) in [4.78, 5) is 24.5. The van der Waals surface area contributed by atoms with E-state index in [0.717, 1.165) is 0 Å². The second kappa shape index (κ2) is 10.8. The second-order valence-electron chi connectivity index (χ2n) is 6.58. The van der Waals surface area contributed by atoms with Gasteiger partial charge in [0.1, 0.15) is 11.6 Å². The molecule has 1 N–H and O–H groups in total. The molecule has 0 radical (unpaired) electrons. The van der Waals surface area contributed by atoms with E-state index < -0.39 is 17.7 Å². The van der Waals surface area contributed by atoms with Crippen molar-refractivity contribution < 1.29 is 32.9 Å². The van der Waals surface area contributed by atoms with Gasteiger partial charge in [0, 0.05) is 5.56 Å². The molecule has 0 aliphatic carbocycles. The number of ether oxygens (including phenoxy) is 4. The summed E-state index contributed by atoms with van der Waals surface area (Å²) >= 11 is 0. The normalized spacial score (nSPS) is 10.5. The van der Waals surface area contributed by atoms with Gasteiger partial charge in [0.05, 0.1) is 33.1 Å². The lowest BCUT2D eigenvalue weighted by molar-refractivity contribution is 0.0733. The summed E-state index contributed by atoms with van der Waals surface area (Å²) in [5.41, 5.74) is 3.51. The highest BCUT2D eigenvalue weighted by Gasteiger charge is 2.18. The Morgan fingerprint density at radius 2 is 1.45 bits per heavy atom. The fourth-order valence-corrected chi connectivity index (χ4v) is 2.82. The van der Waals surface area contributed by atoms with E-state index in [1.165, 1.54) is 63.9 Å². The van der Waals surface area contributed by atoms with E-state index in [-0.39, 0.29) is 11.1 Å². The van der Waals surface area contributed by atoms with Gasteiger partial charge in [-0.25, -0.2) is 14.6 Å². The lowest BCUT2D eigenvalue weighted by Crippen LogP contribution is -2.17. The van der Waals surface area contributed by atoms with E-state index in [1.54, 1.807) is 24.3 Å². The lowest BCUT2D eigenvalue weighted by Gasteiger charge is -2.13. The van der Waals surface area contributed by atoms with Crippen LogP contribution in [-0.4, -0.2) is 39.4 Å². The Morgan fingerprint density at radius 1 is 0.848 bits per heavy atom. The number of halogens is 1. The molecule has 0 heterocycles. The number of benzene rings is 3. The molecule has 0 atom stereocenters. The van der Waals surface area contributed by atoms with Gasteiger partial charge in [-0.1, -0.05) is 0 Å². The number of methoxy groups -OCH3 is 3. The highest BCUT2D eigenvalue weighted by Crippen LogP contribution is 2.38. The number of nitrogens with one attached hydrogen (secondary N) is 1. The summed E-state index contributed by atoms with van der Waals surface area (Å²) in [7, 11) is 4.38. The average Bonchev–Trinajstić information content (AvgIpc) is 2.84. The molecule has 3 aromatic rings. The number of hydrogen-bond acceptors (Lipinski definition) is 7. The predicted molar refractivity (Wildman–Crippen MR) is 119 cm³/mol. The standard InChI is InChI=1S/C24H21FN2O6/c1-30-20-12-17(13-21(31-2)22(20)32-3)24(29)33-19-10-4-15(5-11-19)14-26-27-23(28)16-6-8-18(25)9-7-16/h4-14H,1-3H3,(H,27,28)/b26-14-. The van der Waals surface area contributed by atoms with E-state index in [1.807, 2.05) is 0 Å². The first kappa shape index (κ1) is 23.3. The molecule has 170 valence electrons. The van der Waals surface area contributed by atoms with Gasteiger partial charge in [-0.05, 0) is 66.2 Å². The summed E-state index contributed by atoms with van der Waals surface area (Å²) in [5.74, 6) is -0.172. The van der Waals surface area contributed by atoms with Gasteiger partial charge in [-0.3, -0.25) is 4.79 Å². The lowest BCUT2D eigenvalue weighted by atomic mass is 10.2. The molecule has 3 aromatic carbocycles. The first-order valence-corrected chi connectivity index (χ1v) is 9.66. The third-order valence-electron chi connectivity index (χ3n) is 4.48. The summed E-state index contributed by atoms with van der Waals surface area (Å²) < 4.78 is 34.1. The van der Waals surface area contributed by atoms with E-state index in [0.29, 0.717) is 28.6 Å². The maximum absolute atomic E-state index is 12.9. The third-order valence-corrected chi connectivity index (χ3v) is 4.48. The number of hydrogen-bond donors (Lipinski definition) is 1. The van der Waals surface area contributed by atoms with Crippen molar-refractivity contribution in [3.63, 3.8) is 0 Å². The van der Waals surface area contributed by atoms with Gasteiger partial charge >= 0.3 is 5.97 Å². The molecule has 0 aromatic heterocycles. The van der Waals surface area contributed by atoms with Crippen molar-refractivity contribution in [2.24, 2.45) is 5.10 Å². The van der Waals surface area contributed by atoms with Crippen molar-refractivity contribution >= 4 is 18.1 Å². The molecular formula is C24H21FN2O6. The van der Waals surface area contributed by atoms with Gasteiger partial charge < -0.3 is 18.9 Å². The maximum atomic E-state index is 12.9. The largest absolute Gasteiger partial charge is 0.493 e. The van der Waals surface area contributed by atoms with Crippen LogP contribution in [0, 0.1) is 5.82 Å². The van der Waals surface area contributed by atoms with Crippen LogP contribution in [0.15, 0.2) is 65.8 Å². The number of carbonyl (C=O) groups is 2. The van der Waals surface area contributed by atoms with Crippen LogP contribution < -0.4 is 24.4 Å². The minimum atomic E-state index is -0.609. The quantitative estimate of drug-likeness (QED) is 0.242. The van der Waals surface area contributed by atoms with Crippen LogP contribution >= 0.6 is 0 Å². The fraction of sp³-hybridized carbons (Fsp3) is 0.125. The summed E-state index contributed by atoms with van der Waals surface area (Å²) in [6.45, 7) is 0. The molecule has 0 bridgehead atoms. The van der Waals surface area contributed by atoms with E-state index in [9.17, 15) is 14.0 Å². The van der Waals surface area contributed by atoms with E-state index in [4.69, 9.17) is 18.9 Å². The number of hydrazone groups is 1. The summed E-state index contributed by atoms with van der Waals surface area (Å²) in [5, 5.41) is 3.87. The van der Waals surface area contributed by atoms with E-state index in [2.05, 4.69) is 10.5 Å². The number of esters is 1. The molecule has 0 fully saturated rings. The molecule has 1 amide bonds. The van der Waals surface area contributed by atoms with Crippen molar-refractivity contribution in [1.82, 2.24) is 5.43 Å². The number of rotatable bonds is 8. The van der Waals surface area contributed by atoms with Crippen LogP contribution in [0.2, 0.25) is 0 Å². The van der Waals surface area contributed by atoms with Crippen LogP contribution in [0.5, 0.6) is 23.0 Å². The molecule has 0 unspecified atom stereocenters. The number of nitrogens with zero attached hydrogens (tertiary/aromatic N) is 1. The molecule has 9 heteroatoms. The van der Waals surface area contributed by atoms with Crippen LogP contribution in [0.3, 0.4) is 0 Å². The highest BCUT2D eigenvalue weighted by atomic mass is 19.1. The van der Waals surface area contributed by atoms with Crippen LogP contribution in [-0.2, 0) is 0 Å². The molecule has 0 saturated heterocycles. The molecular weight excluding hydrogens is 431 g/mol. The molecule has 0 saturated carbocycles. The highest BCUT2D eigenvalue weighted by molar-refractivity contribution is 5.95. The van der Waals surface area contributed by atoms with Gasteiger partial charge in [0.15, 0.2) is 11.5 Å². The monoisotopic (exact) mass is 452 g/mol. The van der Waals surface area contributed by atoms with Gasteiger partial charge in [-0.15, -0.1) is 0 Å². The summed E-state index contributed by atoms with van der Waals surface area (Å²) in [6.07, 6.45) is 1.42. The third kappa shape index (κ3) is 5.85. The Bertz CT molecular complexity index is 1140. The molecule has 3 rings (SSSR count). The van der Waals surface area contributed by atoms with Gasteiger partial charge in [0.2, 0.25) is 5.75 Å². The Hall–Kier alpha value is -4.40. The van der Waals surface area contributed by atoms with Crippen LogP contribution in [0.4, 0.5) is 4.39 Å². The number of amides is 1. The first-order valence-electron chi connectivity index (χ1n) is 9.66. The summed E-state index contributed by atoms with van der Waals surface area (Å²) in [6, 6.07) is 14.6. The topological polar surface area (TPSA) is 95.5 Å². The minimum absolute atomic E-state index is 0.221. The maximum Gasteiger partial charge on any atom is 0.343 e. The Morgan fingerprint density at radius 3 is 2.00 bits per heavy atom. The van der Waals surface area contributed by atoms with Crippen molar-refractivity contribution in [2.45, 2.75) is 0 Å². The Kier molecular flexibility index (Phi) is 7.59. The number of carbonyl (C=O) groups excluding carboxylic acids is 2. The Balaban J connectivity index is 1.63. The van der Waals surface area contributed by atoms with Crippen molar-refractivity contribution in [3.8, 4) is 23.0 Å². The predicted octanol–water partition coefficient (Wildman–Crippen LogP) is 3.83. The molecule has 0 aliphatic heterocycles. The zero-order chi connectivity index (χ0) is 23.8. The fourth-order valence-electron chi connectivity index (χ4n) is 2.82. The second-order valence-corrected chi connectivity index (χ2v) is 6.58. The van der Waals surface area contributed by atoms with Crippen molar-refractivity contribution in [1.29, 1.82) is 0 Å². The average molecular weight is 452 g/mol. The van der Waals surface area contributed by atoms with E-state index >= 15 is 0 Å². The smallest absolute Gasteiger partial charge is 0.343 e. The zero-order valence-electron chi connectivity index (χ0n) is 18.1. The first-order chi connectivity index (χ1) is 15.9.